The number of carbonyl (C=O) groups is 2. The third-order valence-electron chi connectivity index (χ3n) is 6.19. The van der Waals surface area contributed by atoms with Crippen molar-refractivity contribution in [3.8, 4) is 0 Å². The van der Waals surface area contributed by atoms with Crippen LogP contribution in [0.15, 0.2) is 23.0 Å². The van der Waals surface area contributed by atoms with Crippen LogP contribution in [-0.2, 0) is 16.1 Å². The molecule has 2 fully saturated rings. The molecule has 1 saturated carbocycles. The van der Waals surface area contributed by atoms with Gasteiger partial charge in [0, 0.05) is 37.3 Å². The quantitative estimate of drug-likeness (QED) is 0.885. The highest BCUT2D eigenvalue weighted by atomic mass is 16.4. The van der Waals surface area contributed by atoms with E-state index in [9.17, 15) is 19.5 Å². The Bertz CT molecular complexity index is 756. The highest BCUT2D eigenvalue weighted by Gasteiger charge is 2.42. The highest BCUT2D eigenvalue weighted by Crippen LogP contribution is 2.38. The van der Waals surface area contributed by atoms with E-state index in [-0.39, 0.29) is 29.2 Å². The summed E-state index contributed by atoms with van der Waals surface area (Å²) in [6.45, 7) is 1.89. The maximum atomic E-state index is 13.1. The van der Waals surface area contributed by atoms with E-state index in [0.29, 0.717) is 32.5 Å². The third-order valence-corrected chi connectivity index (χ3v) is 6.19. The van der Waals surface area contributed by atoms with E-state index in [1.165, 1.54) is 0 Å². The van der Waals surface area contributed by atoms with Crippen LogP contribution in [0.4, 0.5) is 0 Å². The van der Waals surface area contributed by atoms with Gasteiger partial charge in [0.05, 0.1) is 11.8 Å². The number of carboxylic acid groups (broad SMARTS) is 1. The molecule has 6 heteroatoms. The summed E-state index contributed by atoms with van der Waals surface area (Å²) in [6, 6.07) is 5.36. The van der Waals surface area contributed by atoms with Crippen LogP contribution in [0.1, 0.15) is 43.7 Å². The van der Waals surface area contributed by atoms with Gasteiger partial charge >= 0.3 is 5.97 Å². The van der Waals surface area contributed by atoms with Gasteiger partial charge in [-0.25, -0.2) is 0 Å². The highest BCUT2D eigenvalue weighted by molar-refractivity contribution is 5.85. The average molecular weight is 344 g/mol. The van der Waals surface area contributed by atoms with Crippen molar-refractivity contribution >= 4 is 11.9 Å². The predicted molar refractivity (Wildman–Crippen MR) is 91.2 cm³/mol. The number of carboxylic acids is 1. The Balaban J connectivity index is 1.56. The van der Waals surface area contributed by atoms with Crippen LogP contribution in [0.2, 0.25) is 0 Å². The lowest BCUT2D eigenvalue weighted by Crippen LogP contribution is -2.52. The van der Waals surface area contributed by atoms with Gasteiger partial charge in [-0.15, -0.1) is 0 Å². The lowest BCUT2D eigenvalue weighted by molar-refractivity contribution is -0.153. The molecular formula is C19H24N2O4. The number of aromatic nitrogens is 1. The Morgan fingerprint density at radius 3 is 2.56 bits per heavy atom. The first-order valence-corrected chi connectivity index (χ1v) is 9.26. The molecule has 3 aliphatic rings. The van der Waals surface area contributed by atoms with Crippen molar-refractivity contribution in [2.75, 3.05) is 13.1 Å². The van der Waals surface area contributed by atoms with Crippen LogP contribution in [0, 0.1) is 17.8 Å². The van der Waals surface area contributed by atoms with E-state index in [1.54, 1.807) is 12.1 Å². The van der Waals surface area contributed by atoms with Crippen molar-refractivity contribution in [1.82, 2.24) is 9.47 Å². The summed E-state index contributed by atoms with van der Waals surface area (Å²) in [7, 11) is 0. The Labute approximate surface area is 146 Å². The minimum absolute atomic E-state index is 0.00790. The first-order valence-electron chi connectivity index (χ1n) is 9.26. The van der Waals surface area contributed by atoms with Crippen molar-refractivity contribution in [2.45, 2.75) is 44.6 Å². The normalized spacial score (nSPS) is 31.3. The summed E-state index contributed by atoms with van der Waals surface area (Å²) in [5.74, 6) is -1.30. The zero-order valence-electron chi connectivity index (χ0n) is 14.3. The molecule has 4 rings (SSSR count). The van der Waals surface area contributed by atoms with E-state index in [0.717, 1.165) is 25.0 Å². The first kappa shape index (κ1) is 16.4. The summed E-state index contributed by atoms with van der Waals surface area (Å²) in [4.78, 5) is 38.6. The molecule has 2 bridgehead atoms. The number of amides is 1. The number of hydrogen-bond acceptors (Lipinski definition) is 3. The Kier molecular flexibility index (Phi) is 4.13. The molecule has 0 aromatic carbocycles. The molecule has 6 nitrogen and oxygen atoms in total. The summed E-state index contributed by atoms with van der Waals surface area (Å²) in [5, 5.41) is 9.47. The topological polar surface area (TPSA) is 79.6 Å². The maximum Gasteiger partial charge on any atom is 0.307 e. The van der Waals surface area contributed by atoms with Crippen LogP contribution in [0.25, 0.3) is 0 Å². The first-order chi connectivity index (χ1) is 12.0. The van der Waals surface area contributed by atoms with Crippen molar-refractivity contribution in [3.63, 3.8) is 0 Å². The number of aliphatic carboxylic acids is 1. The summed E-state index contributed by atoms with van der Waals surface area (Å²) in [5.41, 5.74) is 1.05. The van der Waals surface area contributed by atoms with E-state index in [2.05, 4.69) is 0 Å². The van der Waals surface area contributed by atoms with Crippen molar-refractivity contribution in [2.24, 2.45) is 17.8 Å². The predicted octanol–water partition coefficient (Wildman–Crippen LogP) is 1.69. The minimum atomic E-state index is -0.841. The molecule has 3 heterocycles. The standard InChI is InChI=1S/C19H24N2O4/c22-17-7-3-6-16-13-8-12(10-21(16)17)9-20(11-13)18(23)14-4-1-2-5-15(14)19(24)25/h3,6-7,12-15H,1-2,4-5,8-11H2,(H,24,25)/t12-,13+,14+,15-/m1/s1. The molecule has 1 N–H and O–H groups in total. The van der Waals surface area contributed by atoms with Gasteiger partial charge in [-0.3, -0.25) is 14.4 Å². The minimum Gasteiger partial charge on any atom is -0.481 e. The van der Waals surface area contributed by atoms with E-state index in [1.807, 2.05) is 15.5 Å². The number of nitrogens with zero attached hydrogens (tertiary/aromatic N) is 2. The average Bonchev–Trinajstić information content (AvgIpc) is 2.62. The van der Waals surface area contributed by atoms with Gasteiger partial charge in [0.15, 0.2) is 0 Å². The molecule has 1 saturated heterocycles. The van der Waals surface area contributed by atoms with Crippen molar-refractivity contribution in [3.05, 3.63) is 34.2 Å². The largest absolute Gasteiger partial charge is 0.481 e. The zero-order valence-corrected chi connectivity index (χ0v) is 14.3. The van der Waals surface area contributed by atoms with Gasteiger partial charge in [0.1, 0.15) is 0 Å². The van der Waals surface area contributed by atoms with Crippen LogP contribution >= 0.6 is 0 Å². The number of fused-ring (bicyclic) bond motifs is 4. The monoisotopic (exact) mass is 344 g/mol. The number of piperidine rings is 1. The van der Waals surface area contributed by atoms with Gasteiger partial charge in [0.2, 0.25) is 5.91 Å². The molecule has 1 aromatic rings. The number of rotatable bonds is 2. The van der Waals surface area contributed by atoms with Crippen molar-refractivity contribution < 1.29 is 14.7 Å². The third kappa shape index (κ3) is 2.87. The van der Waals surface area contributed by atoms with Crippen molar-refractivity contribution in [1.29, 1.82) is 0 Å². The summed E-state index contributed by atoms with van der Waals surface area (Å²) < 4.78 is 1.85. The van der Waals surface area contributed by atoms with Gasteiger partial charge < -0.3 is 14.6 Å². The smallest absolute Gasteiger partial charge is 0.307 e. The Hall–Kier alpha value is -2.11. The molecule has 1 aromatic heterocycles. The van der Waals surface area contributed by atoms with Crippen LogP contribution in [0.3, 0.4) is 0 Å². The summed E-state index contributed by atoms with van der Waals surface area (Å²) >= 11 is 0. The van der Waals surface area contributed by atoms with Gasteiger partial charge in [0.25, 0.3) is 5.56 Å². The molecule has 134 valence electrons. The molecule has 1 aliphatic carbocycles. The number of hydrogen-bond donors (Lipinski definition) is 1. The maximum absolute atomic E-state index is 13.1. The fraction of sp³-hybridized carbons (Fsp3) is 0.632. The molecule has 1 amide bonds. The zero-order chi connectivity index (χ0) is 17.6. The van der Waals surface area contributed by atoms with Crippen LogP contribution in [-0.4, -0.2) is 39.5 Å². The second-order valence-electron chi connectivity index (χ2n) is 7.78. The Morgan fingerprint density at radius 1 is 1.04 bits per heavy atom. The fourth-order valence-corrected chi connectivity index (χ4v) is 5.03. The second kappa shape index (κ2) is 6.32. The van der Waals surface area contributed by atoms with E-state index < -0.39 is 11.9 Å². The molecule has 0 radical (unpaired) electrons. The number of likely N-dealkylation sites (tertiary alicyclic amines) is 1. The lowest BCUT2D eigenvalue weighted by Gasteiger charge is -2.44. The van der Waals surface area contributed by atoms with Crippen LogP contribution in [0.5, 0.6) is 0 Å². The number of carbonyl (C=O) groups excluding carboxylic acids is 1. The molecule has 0 spiro atoms. The van der Waals surface area contributed by atoms with Gasteiger partial charge in [-0.1, -0.05) is 18.9 Å². The molecule has 0 unspecified atom stereocenters. The summed E-state index contributed by atoms with van der Waals surface area (Å²) in [6.07, 6.45) is 4.10. The van der Waals surface area contributed by atoms with Gasteiger partial charge in [-0.2, -0.15) is 0 Å². The van der Waals surface area contributed by atoms with E-state index in [4.69, 9.17) is 0 Å². The molecule has 2 aliphatic heterocycles. The molecule has 25 heavy (non-hydrogen) atoms. The van der Waals surface area contributed by atoms with E-state index >= 15 is 0 Å². The molecule has 4 atom stereocenters. The van der Waals surface area contributed by atoms with Gasteiger partial charge in [-0.05, 0) is 31.2 Å². The number of pyridine rings is 1. The second-order valence-corrected chi connectivity index (χ2v) is 7.78. The SMILES string of the molecule is O=C(O)[C@@H]1CCCC[C@@H]1C(=O)N1C[C@H]2C[C@@H](C1)c1cccc(=O)n1C2. The molecular weight excluding hydrogens is 320 g/mol. The lowest BCUT2D eigenvalue weighted by atomic mass is 9.77. The fourth-order valence-electron chi connectivity index (χ4n) is 5.03. The Morgan fingerprint density at radius 2 is 1.80 bits per heavy atom. The van der Waals surface area contributed by atoms with Crippen LogP contribution < -0.4 is 5.56 Å².